The van der Waals surface area contributed by atoms with Crippen molar-refractivity contribution in [3.05, 3.63) is 73.2 Å². The van der Waals surface area contributed by atoms with Gasteiger partial charge in [-0.2, -0.15) is 0 Å². The second-order valence-electron chi connectivity index (χ2n) is 5.89. The number of benzene rings is 1. The number of nitrogens with zero attached hydrogens (tertiary/aromatic N) is 2. The first-order chi connectivity index (χ1) is 13.0. The van der Waals surface area contributed by atoms with Gasteiger partial charge in [0.2, 0.25) is 5.88 Å². The van der Waals surface area contributed by atoms with E-state index in [2.05, 4.69) is 39.0 Å². The van der Waals surface area contributed by atoms with Crippen LogP contribution in [-0.2, 0) is 6.54 Å². The van der Waals surface area contributed by atoms with E-state index in [0.717, 1.165) is 9.13 Å². The molecule has 0 saturated heterocycles. The highest BCUT2D eigenvalue weighted by Gasteiger charge is 2.16. The topological polar surface area (TPSA) is 67.2 Å². The first-order valence-electron chi connectivity index (χ1n) is 7.99. The quantitative estimate of drug-likeness (QED) is 0.364. The fourth-order valence-electron chi connectivity index (χ4n) is 2.82. The highest BCUT2D eigenvalue weighted by molar-refractivity contribution is 14.1. The van der Waals surface area contributed by atoms with Gasteiger partial charge < -0.3 is 15.0 Å². The summed E-state index contributed by atoms with van der Waals surface area (Å²) in [6.07, 6.45) is 3.36. The van der Waals surface area contributed by atoms with Crippen LogP contribution >= 0.6 is 45.5 Å². The molecule has 3 heterocycles. The van der Waals surface area contributed by atoms with Gasteiger partial charge in [0, 0.05) is 21.4 Å². The second-order valence-corrected chi connectivity index (χ2v) is 8.85. The van der Waals surface area contributed by atoms with Crippen LogP contribution < -0.4 is 5.32 Å². The van der Waals surface area contributed by atoms with E-state index in [1.165, 1.54) is 11.3 Å². The largest absolute Gasteiger partial charge is 0.493 e. The predicted octanol–water partition coefficient (Wildman–Crippen LogP) is 5.36. The first-order valence-corrected chi connectivity index (χ1v) is 10.3. The number of pyridine rings is 1. The van der Waals surface area contributed by atoms with Gasteiger partial charge in [0.05, 0.1) is 21.4 Å². The van der Waals surface area contributed by atoms with Gasteiger partial charge in [-0.1, -0.05) is 23.7 Å². The van der Waals surface area contributed by atoms with E-state index in [-0.39, 0.29) is 11.8 Å². The molecule has 136 valence electrons. The van der Waals surface area contributed by atoms with E-state index in [4.69, 9.17) is 11.6 Å². The van der Waals surface area contributed by atoms with Crippen molar-refractivity contribution in [1.82, 2.24) is 9.55 Å². The van der Waals surface area contributed by atoms with Crippen molar-refractivity contribution in [2.75, 3.05) is 5.32 Å². The Kier molecular flexibility index (Phi) is 5.07. The molecule has 2 N–H and O–H groups in total. The van der Waals surface area contributed by atoms with Crippen LogP contribution in [0, 0.1) is 3.57 Å². The maximum Gasteiger partial charge on any atom is 0.265 e. The number of hydrogen-bond acceptors (Lipinski definition) is 4. The number of fused-ring (bicyclic) bond motifs is 1. The Morgan fingerprint density at radius 2 is 2.15 bits per heavy atom. The first kappa shape index (κ1) is 18.3. The molecule has 1 aromatic carbocycles. The molecular weight excluding hydrogens is 497 g/mol. The number of amides is 1. The summed E-state index contributed by atoms with van der Waals surface area (Å²) in [5.74, 6) is -0.177. The van der Waals surface area contributed by atoms with E-state index in [1.807, 2.05) is 18.2 Å². The zero-order valence-corrected chi connectivity index (χ0v) is 17.5. The lowest BCUT2D eigenvalue weighted by molar-refractivity contribution is 0.103. The third-order valence-electron chi connectivity index (χ3n) is 4.05. The van der Waals surface area contributed by atoms with Crippen molar-refractivity contribution in [1.29, 1.82) is 0 Å². The number of aromatic hydroxyl groups is 1. The molecule has 0 atom stereocenters. The standard InChI is InChI=1S/C19H13ClIN3O2S/c20-16-5-4-15(27-16)18(25)23-14-6-7-22-17-13(14)10-24(19(17)26)9-11-2-1-3-12(21)8-11/h1-8,10,26H,9H2,(H,23,25). The molecule has 0 spiro atoms. The molecule has 3 aromatic heterocycles. The minimum atomic E-state index is -0.246. The van der Waals surface area contributed by atoms with Crippen molar-refractivity contribution in [3.63, 3.8) is 0 Å². The lowest BCUT2D eigenvalue weighted by Gasteiger charge is -2.05. The van der Waals surface area contributed by atoms with Crippen LogP contribution in [0.3, 0.4) is 0 Å². The Bertz CT molecular complexity index is 1160. The molecule has 0 aliphatic heterocycles. The molecule has 0 unspecified atom stereocenters. The number of rotatable bonds is 4. The number of carbonyl (C=O) groups is 1. The van der Waals surface area contributed by atoms with Gasteiger partial charge in [-0.3, -0.25) is 9.78 Å². The molecule has 0 bridgehead atoms. The van der Waals surface area contributed by atoms with Gasteiger partial charge >= 0.3 is 0 Å². The molecule has 27 heavy (non-hydrogen) atoms. The third-order valence-corrected chi connectivity index (χ3v) is 5.95. The monoisotopic (exact) mass is 509 g/mol. The Balaban J connectivity index is 1.68. The average Bonchev–Trinajstić information content (AvgIpc) is 3.20. The maximum absolute atomic E-state index is 12.4. The summed E-state index contributed by atoms with van der Waals surface area (Å²) >= 11 is 9.38. The predicted molar refractivity (Wildman–Crippen MR) is 117 cm³/mol. The zero-order valence-electron chi connectivity index (χ0n) is 13.8. The normalized spacial score (nSPS) is 11.0. The summed E-state index contributed by atoms with van der Waals surface area (Å²) in [6.45, 7) is 0.507. The van der Waals surface area contributed by atoms with Crippen molar-refractivity contribution >= 4 is 68.0 Å². The highest BCUT2D eigenvalue weighted by atomic mass is 127. The molecule has 0 saturated carbocycles. The van der Waals surface area contributed by atoms with Crippen LogP contribution in [0.5, 0.6) is 5.88 Å². The minimum absolute atomic E-state index is 0.0686. The fraction of sp³-hybridized carbons (Fsp3) is 0.0526. The molecule has 0 aliphatic rings. The van der Waals surface area contributed by atoms with Gasteiger partial charge in [-0.25, -0.2) is 0 Å². The van der Waals surface area contributed by atoms with Crippen molar-refractivity contribution in [2.45, 2.75) is 6.54 Å². The summed E-state index contributed by atoms with van der Waals surface area (Å²) in [7, 11) is 0. The summed E-state index contributed by atoms with van der Waals surface area (Å²) in [6, 6.07) is 13.1. The molecule has 0 fully saturated rings. The molecule has 4 rings (SSSR count). The van der Waals surface area contributed by atoms with Crippen molar-refractivity contribution in [2.24, 2.45) is 0 Å². The van der Waals surface area contributed by atoms with Crippen LogP contribution in [-0.4, -0.2) is 20.6 Å². The lowest BCUT2D eigenvalue weighted by atomic mass is 10.2. The maximum atomic E-state index is 12.4. The smallest absolute Gasteiger partial charge is 0.265 e. The highest BCUT2D eigenvalue weighted by Crippen LogP contribution is 2.32. The van der Waals surface area contributed by atoms with Crippen LogP contribution in [0.1, 0.15) is 15.2 Å². The van der Waals surface area contributed by atoms with Crippen molar-refractivity contribution in [3.8, 4) is 5.88 Å². The van der Waals surface area contributed by atoms with Gasteiger partial charge in [0.15, 0.2) is 0 Å². The van der Waals surface area contributed by atoms with Gasteiger partial charge in [-0.15, -0.1) is 11.3 Å². The molecule has 8 heteroatoms. The van der Waals surface area contributed by atoms with Crippen LogP contribution in [0.4, 0.5) is 5.69 Å². The Hall–Kier alpha value is -2.10. The lowest BCUT2D eigenvalue weighted by Crippen LogP contribution is -2.10. The number of halogens is 2. The van der Waals surface area contributed by atoms with Crippen molar-refractivity contribution < 1.29 is 9.90 Å². The second kappa shape index (κ2) is 7.49. The summed E-state index contributed by atoms with van der Waals surface area (Å²) in [5.41, 5.74) is 2.10. The van der Waals surface area contributed by atoms with E-state index >= 15 is 0 Å². The molecule has 1 amide bonds. The minimum Gasteiger partial charge on any atom is -0.493 e. The van der Waals surface area contributed by atoms with Gasteiger partial charge in [0.1, 0.15) is 5.52 Å². The average molecular weight is 510 g/mol. The number of thiophene rings is 1. The molecule has 4 aromatic rings. The Labute approximate surface area is 177 Å². The van der Waals surface area contributed by atoms with Crippen LogP contribution in [0.25, 0.3) is 10.9 Å². The van der Waals surface area contributed by atoms with E-state index in [1.54, 1.807) is 35.2 Å². The number of carbonyl (C=O) groups excluding carboxylic acids is 1. The van der Waals surface area contributed by atoms with Crippen LogP contribution in [0.15, 0.2) is 54.9 Å². The van der Waals surface area contributed by atoms with E-state index in [9.17, 15) is 9.90 Å². The number of hydrogen-bond donors (Lipinski definition) is 2. The van der Waals surface area contributed by atoms with E-state index in [0.29, 0.717) is 32.3 Å². The van der Waals surface area contributed by atoms with Gasteiger partial charge in [-0.05, 0) is 58.5 Å². The Morgan fingerprint density at radius 1 is 1.30 bits per heavy atom. The molecule has 0 aliphatic carbocycles. The molecule has 5 nitrogen and oxygen atoms in total. The molecular formula is C19H13ClIN3O2S. The third kappa shape index (κ3) is 3.80. The van der Waals surface area contributed by atoms with Crippen LogP contribution in [0.2, 0.25) is 4.34 Å². The summed E-state index contributed by atoms with van der Waals surface area (Å²) in [5, 5.41) is 14.1. The zero-order chi connectivity index (χ0) is 19.0. The molecule has 0 radical (unpaired) electrons. The summed E-state index contributed by atoms with van der Waals surface area (Å²) in [4.78, 5) is 17.2. The number of nitrogens with one attached hydrogen (secondary N) is 1. The number of aromatic nitrogens is 2. The summed E-state index contributed by atoms with van der Waals surface area (Å²) < 4.78 is 3.41. The Morgan fingerprint density at radius 3 is 2.89 bits per heavy atom. The number of anilines is 1. The van der Waals surface area contributed by atoms with Gasteiger partial charge in [0.25, 0.3) is 5.91 Å². The fourth-order valence-corrected chi connectivity index (χ4v) is 4.36. The SMILES string of the molecule is O=C(Nc1ccnc2c(O)n(Cc3cccc(I)c3)cc12)c1ccc(Cl)s1. The van der Waals surface area contributed by atoms with E-state index < -0.39 is 0 Å².